The van der Waals surface area contributed by atoms with Gasteiger partial charge in [0.25, 0.3) is 5.91 Å². The molecule has 0 N–H and O–H groups in total. The van der Waals surface area contributed by atoms with Crippen LogP contribution in [0.3, 0.4) is 0 Å². The number of hydrogen-bond acceptors (Lipinski definition) is 5. The third-order valence-electron chi connectivity index (χ3n) is 4.94. The molecule has 25 heavy (non-hydrogen) atoms. The molecule has 6 heteroatoms. The van der Waals surface area contributed by atoms with Crippen LogP contribution in [0.15, 0.2) is 34.9 Å². The highest BCUT2D eigenvalue weighted by molar-refractivity contribution is 5.92. The second-order valence-electron chi connectivity index (χ2n) is 6.81. The fourth-order valence-electron chi connectivity index (χ4n) is 3.33. The maximum absolute atomic E-state index is 12.7. The zero-order chi connectivity index (χ0) is 17.4. The van der Waals surface area contributed by atoms with Crippen molar-refractivity contribution in [2.24, 2.45) is 0 Å². The van der Waals surface area contributed by atoms with Crippen molar-refractivity contribution in [2.75, 3.05) is 19.6 Å². The standard InChI is InChI=1S/C19H20N4O2/c1-13-2-4-14(5-3-13)17-10-18(25-21-17)19(24)22-8-9-23(15-6-7-15)16(11-20)12-22/h2-5,10,15-16H,6-9,12H2,1H3. The first-order valence-electron chi connectivity index (χ1n) is 8.64. The van der Waals surface area contributed by atoms with Crippen LogP contribution in [0.4, 0.5) is 0 Å². The van der Waals surface area contributed by atoms with Crippen molar-refractivity contribution in [3.8, 4) is 17.3 Å². The maximum atomic E-state index is 12.7. The van der Waals surface area contributed by atoms with Crippen LogP contribution in [0, 0.1) is 18.3 Å². The molecule has 2 aromatic rings. The van der Waals surface area contributed by atoms with Gasteiger partial charge in [0, 0.05) is 30.8 Å². The van der Waals surface area contributed by atoms with Gasteiger partial charge in [0.1, 0.15) is 11.7 Å². The van der Waals surface area contributed by atoms with E-state index >= 15 is 0 Å². The number of nitriles is 1. The summed E-state index contributed by atoms with van der Waals surface area (Å²) in [4.78, 5) is 16.6. The molecule has 1 saturated heterocycles. The van der Waals surface area contributed by atoms with Gasteiger partial charge in [-0.05, 0) is 19.8 Å². The number of carbonyl (C=O) groups excluding carboxylic acids is 1. The Bertz CT molecular complexity index is 817. The van der Waals surface area contributed by atoms with Crippen molar-refractivity contribution < 1.29 is 9.32 Å². The summed E-state index contributed by atoms with van der Waals surface area (Å²) in [5, 5.41) is 13.4. The number of piperazine rings is 1. The highest BCUT2D eigenvalue weighted by Crippen LogP contribution is 2.30. The maximum Gasteiger partial charge on any atom is 0.292 e. The van der Waals surface area contributed by atoms with Gasteiger partial charge in [-0.3, -0.25) is 9.69 Å². The van der Waals surface area contributed by atoms with Crippen molar-refractivity contribution in [1.29, 1.82) is 5.26 Å². The molecular weight excluding hydrogens is 316 g/mol. The van der Waals surface area contributed by atoms with Crippen molar-refractivity contribution in [1.82, 2.24) is 15.0 Å². The van der Waals surface area contributed by atoms with Gasteiger partial charge in [0.05, 0.1) is 12.6 Å². The Kier molecular flexibility index (Phi) is 4.02. The van der Waals surface area contributed by atoms with E-state index in [0.29, 0.717) is 24.8 Å². The van der Waals surface area contributed by atoms with Crippen molar-refractivity contribution in [2.45, 2.75) is 31.8 Å². The number of nitrogens with zero attached hydrogens (tertiary/aromatic N) is 4. The van der Waals surface area contributed by atoms with Crippen molar-refractivity contribution >= 4 is 5.91 Å². The molecule has 1 aromatic carbocycles. The van der Waals surface area contributed by atoms with E-state index in [2.05, 4.69) is 16.1 Å². The first-order valence-corrected chi connectivity index (χ1v) is 8.64. The molecule has 6 nitrogen and oxygen atoms in total. The number of rotatable bonds is 3. The lowest BCUT2D eigenvalue weighted by molar-refractivity contribution is 0.0513. The van der Waals surface area contributed by atoms with E-state index in [1.165, 1.54) is 5.56 Å². The Morgan fingerprint density at radius 3 is 2.72 bits per heavy atom. The van der Waals surface area contributed by atoms with Gasteiger partial charge in [-0.25, -0.2) is 0 Å². The smallest absolute Gasteiger partial charge is 0.292 e. The van der Waals surface area contributed by atoms with E-state index in [-0.39, 0.29) is 17.7 Å². The minimum absolute atomic E-state index is 0.193. The largest absolute Gasteiger partial charge is 0.350 e. The monoisotopic (exact) mass is 336 g/mol. The van der Waals surface area contributed by atoms with E-state index in [4.69, 9.17) is 4.52 Å². The van der Waals surface area contributed by atoms with Crippen LogP contribution in [0.25, 0.3) is 11.3 Å². The highest BCUT2D eigenvalue weighted by Gasteiger charge is 2.39. The number of amides is 1. The summed E-state index contributed by atoms with van der Waals surface area (Å²) in [7, 11) is 0. The molecule has 4 rings (SSSR count). The molecule has 1 atom stereocenters. The molecule has 1 unspecified atom stereocenters. The Hall–Kier alpha value is -2.65. The van der Waals surface area contributed by atoms with Crippen molar-refractivity contribution in [3.05, 3.63) is 41.7 Å². The fourth-order valence-corrected chi connectivity index (χ4v) is 3.33. The summed E-state index contributed by atoms with van der Waals surface area (Å²) in [6.07, 6.45) is 2.32. The normalized spacial score (nSPS) is 21.1. The molecule has 1 amide bonds. The first-order chi connectivity index (χ1) is 12.2. The molecule has 2 heterocycles. The molecular formula is C19H20N4O2. The molecule has 0 spiro atoms. The van der Waals surface area contributed by atoms with Gasteiger partial charge in [-0.15, -0.1) is 0 Å². The van der Waals surface area contributed by atoms with E-state index < -0.39 is 0 Å². The summed E-state index contributed by atoms with van der Waals surface area (Å²) < 4.78 is 5.28. The van der Waals surface area contributed by atoms with Gasteiger partial charge >= 0.3 is 0 Å². The fraction of sp³-hybridized carbons (Fsp3) is 0.421. The molecule has 1 saturated carbocycles. The first kappa shape index (κ1) is 15.9. The Balaban J connectivity index is 1.48. The van der Waals surface area contributed by atoms with Gasteiger partial charge < -0.3 is 9.42 Å². The molecule has 2 fully saturated rings. The summed E-state index contributed by atoms with van der Waals surface area (Å²) in [5.41, 5.74) is 2.73. The third kappa shape index (κ3) is 3.15. The number of aromatic nitrogens is 1. The summed E-state index contributed by atoms with van der Waals surface area (Å²) in [5.74, 6) is 0.0358. The van der Waals surface area contributed by atoms with E-state index in [1.807, 2.05) is 31.2 Å². The lowest BCUT2D eigenvalue weighted by Crippen LogP contribution is -2.54. The topological polar surface area (TPSA) is 73.4 Å². The van der Waals surface area contributed by atoms with Crippen LogP contribution in [0.2, 0.25) is 0 Å². The van der Waals surface area contributed by atoms with Gasteiger partial charge in [0.2, 0.25) is 5.76 Å². The Morgan fingerprint density at radius 2 is 2.04 bits per heavy atom. The number of benzene rings is 1. The number of hydrogen-bond donors (Lipinski definition) is 0. The molecule has 1 aliphatic carbocycles. The zero-order valence-corrected chi connectivity index (χ0v) is 14.2. The quantitative estimate of drug-likeness (QED) is 0.861. The van der Waals surface area contributed by atoms with Crippen LogP contribution >= 0.6 is 0 Å². The van der Waals surface area contributed by atoms with E-state index in [9.17, 15) is 10.1 Å². The van der Waals surface area contributed by atoms with Crippen molar-refractivity contribution in [3.63, 3.8) is 0 Å². The number of carbonyl (C=O) groups is 1. The molecule has 1 aromatic heterocycles. The summed E-state index contributed by atoms with van der Waals surface area (Å²) >= 11 is 0. The Morgan fingerprint density at radius 1 is 1.28 bits per heavy atom. The van der Waals surface area contributed by atoms with Crippen LogP contribution in [-0.4, -0.2) is 52.6 Å². The SMILES string of the molecule is Cc1ccc(-c2cc(C(=O)N3CCN(C4CC4)C(C#N)C3)on2)cc1. The van der Waals surface area contributed by atoms with Gasteiger partial charge in [0.15, 0.2) is 0 Å². The third-order valence-corrected chi connectivity index (χ3v) is 4.94. The average Bonchev–Trinajstić information content (AvgIpc) is 3.37. The molecule has 0 bridgehead atoms. The molecule has 2 aliphatic rings. The summed E-state index contributed by atoms with van der Waals surface area (Å²) in [6, 6.07) is 12.2. The predicted molar refractivity (Wildman–Crippen MR) is 91.7 cm³/mol. The minimum Gasteiger partial charge on any atom is -0.350 e. The molecule has 0 radical (unpaired) electrons. The molecule has 128 valence electrons. The summed E-state index contributed by atoms with van der Waals surface area (Å²) in [6.45, 7) is 3.81. The van der Waals surface area contributed by atoms with Crippen LogP contribution in [-0.2, 0) is 0 Å². The van der Waals surface area contributed by atoms with E-state index in [0.717, 1.165) is 24.9 Å². The lowest BCUT2D eigenvalue weighted by atomic mass is 10.1. The second kappa shape index (κ2) is 6.34. The van der Waals surface area contributed by atoms with Crippen LogP contribution in [0.5, 0.6) is 0 Å². The average molecular weight is 336 g/mol. The van der Waals surface area contributed by atoms with E-state index in [1.54, 1.807) is 11.0 Å². The van der Waals surface area contributed by atoms with Crippen LogP contribution < -0.4 is 0 Å². The van der Waals surface area contributed by atoms with Gasteiger partial charge in [-0.2, -0.15) is 5.26 Å². The number of aryl methyl sites for hydroxylation is 1. The molecule has 1 aliphatic heterocycles. The van der Waals surface area contributed by atoms with Crippen LogP contribution in [0.1, 0.15) is 29.0 Å². The Labute approximate surface area is 146 Å². The lowest BCUT2D eigenvalue weighted by Gasteiger charge is -2.37. The van der Waals surface area contributed by atoms with Gasteiger partial charge in [-0.1, -0.05) is 35.0 Å². The predicted octanol–water partition coefficient (Wildman–Crippen LogP) is 2.46. The zero-order valence-electron chi connectivity index (χ0n) is 14.2. The highest BCUT2D eigenvalue weighted by atomic mass is 16.5. The second-order valence-corrected chi connectivity index (χ2v) is 6.81. The minimum atomic E-state index is -0.232.